The molecule has 0 atom stereocenters. The summed E-state index contributed by atoms with van der Waals surface area (Å²) in [6, 6.07) is 0.672. The maximum absolute atomic E-state index is 5.58. The molecule has 1 fully saturated rings. The Kier molecular flexibility index (Phi) is 4.16. The number of hydrogen-bond donors (Lipinski definition) is 1. The number of aromatic nitrogens is 2. The van der Waals surface area contributed by atoms with Gasteiger partial charge in [-0.15, -0.1) is 5.10 Å². The van der Waals surface area contributed by atoms with Gasteiger partial charge in [0.1, 0.15) is 0 Å². The molecule has 0 saturated carbocycles. The van der Waals surface area contributed by atoms with Crippen molar-refractivity contribution in [3.05, 3.63) is 5.89 Å². The summed E-state index contributed by atoms with van der Waals surface area (Å²) in [6.45, 7) is 2.62. The first kappa shape index (κ1) is 11.4. The molecule has 0 amide bonds. The van der Waals surface area contributed by atoms with Crippen LogP contribution in [0.1, 0.15) is 38.0 Å². The highest BCUT2D eigenvalue weighted by Crippen LogP contribution is 2.17. The van der Waals surface area contributed by atoms with Crippen LogP contribution in [0.5, 0.6) is 0 Å². The van der Waals surface area contributed by atoms with Gasteiger partial charge in [-0.3, -0.25) is 0 Å². The Hall–Kier alpha value is -1.10. The van der Waals surface area contributed by atoms with Gasteiger partial charge in [0.15, 0.2) is 0 Å². The van der Waals surface area contributed by atoms with Crippen LogP contribution in [-0.2, 0) is 6.42 Å². The van der Waals surface area contributed by atoms with Crippen LogP contribution in [0.3, 0.4) is 0 Å². The van der Waals surface area contributed by atoms with Crippen molar-refractivity contribution >= 4 is 6.01 Å². The van der Waals surface area contributed by atoms with E-state index in [2.05, 4.69) is 15.1 Å². The van der Waals surface area contributed by atoms with Crippen molar-refractivity contribution in [3.63, 3.8) is 0 Å². The quantitative estimate of drug-likeness (QED) is 0.839. The molecule has 90 valence electrons. The Morgan fingerprint density at radius 3 is 2.44 bits per heavy atom. The number of nitrogens with zero attached hydrogens (tertiary/aromatic N) is 3. The second-order valence-electron chi connectivity index (χ2n) is 4.27. The summed E-state index contributed by atoms with van der Waals surface area (Å²) in [5.41, 5.74) is 5.45. The van der Waals surface area contributed by atoms with Gasteiger partial charge in [0, 0.05) is 26.1 Å². The average Bonchev–Trinajstić information content (AvgIpc) is 2.66. The van der Waals surface area contributed by atoms with Crippen LogP contribution < -0.4 is 10.6 Å². The standard InChI is InChI=1S/C11H20N4O/c12-7-6-10-13-14-11(16-10)15-8-4-2-1-3-5-9-15/h1-9,12H2. The lowest BCUT2D eigenvalue weighted by Gasteiger charge is -2.22. The summed E-state index contributed by atoms with van der Waals surface area (Å²) in [6.07, 6.45) is 7.07. The topological polar surface area (TPSA) is 68.2 Å². The monoisotopic (exact) mass is 224 g/mol. The maximum atomic E-state index is 5.58. The van der Waals surface area contributed by atoms with E-state index in [0.717, 1.165) is 13.1 Å². The van der Waals surface area contributed by atoms with E-state index in [1.807, 2.05) is 0 Å². The molecule has 16 heavy (non-hydrogen) atoms. The van der Waals surface area contributed by atoms with Crippen LogP contribution in [0.25, 0.3) is 0 Å². The minimum atomic E-state index is 0.557. The first-order valence-corrected chi connectivity index (χ1v) is 6.17. The lowest BCUT2D eigenvalue weighted by molar-refractivity contribution is 0.464. The van der Waals surface area contributed by atoms with Crippen molar-refractivity contribution < 1.29 is 4.42 Å². The van der Waals surface area contributed by atoms with Crippen LogP contribution in [-0.4, -0.2) is 29.8 Å². The number of nitrogens with two attached hydrogens (primary N) is 1. The Labute approximate surface area is 96.0 Å². The Morgan fingerprint density at radius 2 is 1.75 bits per heavy atom. The SMILES string of the molecule is NCCc1nnc(N2CCCCCCC2)o1. The molecular formula is C11H20N4O. The highest BCUT2D eigenvalue weighted by molar-refractivity contribution is 5.23. The third-order valence-electron chi connectivity index (χ3n) is 2.94. The van der Waals surface area contributed by atoms with Gasteiger partial charge in [-0.25, -0.2) is 0 Å². The molecule has 2 N–H and O–H groups in total. The van der Waals surface area contributed by atoms with Crippen molar-refractivity contribution in [3.8, 4) is 0 Å². The number of rotatable bonds is 3. The molecule has 0 aliphatic carbocycles. The van der Waals surface area contributed by atoms with Crippen LogP contribution >= 0.6 is 0 Å². The molecule has 0 bridgehead atoms. The second-order valence-corrected chi connectivity index (χ2v) is 4.27. The van der Waals surface area contributed by atoms with Gasteiger partial charge in [-0.1, -0.05) is 24.4 Å². The van der Waals surface area contributed by atoms with Gasteiger partial charge in [-0.05, 0) is 12.8 Å². The summed E-state index contributed by atoms with van der Waals surface area (Å²) in [4.78, 5) is 2.20. The van der Waals surface area contributed by atoms with Crippen LogP contribution in [0, 0.1) is 0 Å². The summed E-state index contributed by atoms with van der Waals surface area (Å²) in [5.74, 6) is 0.652. The van der Waals surface area contributed by atoms with E-state index >= 15 is 0 Å². The number of hydrogen-bond acceptors (Lipinski definition) is 5. The van der Waals surface area contributed by atoms with E-state index < -0.39 is 0 Å². The summed E-state index contributed by atoms with van der Waals surface area (Å²) in [7, 11) is 0. The Balaban J connectivity index is 1.97. The average molecular weight is 224 g/mol. The Morgan fingerprint density at radius 1 is 1.06 bits per heavy atom. The Bertz CT molecular complexity index is 305. The summed E-state index contributed by atoms with van der Waals surface area (Å²) < 4.78 is 5.58. The van der Waals surface area contributed by atoms with Crippen LogP contribution in [0.2, 0.25) is 0 Å². The zero-order valence-corrected chi connectivity index (χ0v) is 9.69. The summed E-state index contributed by atoms with van der Waals surface area (Å²) in [5, 5.41) is 8.08. The molecule has 0 radical (unpaired) electrons. The maximum Gasteiger partial charge on any atom is 0.318 e. The van der Waals surface area contributed by atoms with E-state index in [0.29, 0.717) is 24.9 Å². The molecule has 1 aliphatic rings. The fourth-order valence-corrected chi connectivity index (χ4v) is 2.04. The lowest BCUT2D eigenvalue weighted by atomic mass is 10.1. The van der Waals surface area contributed by atoms with E-state index in [9.17, 15) is 0 Å². The minimum absolute atomic E-state index is 0.557. The highest BCUT2D eigenvalue weighted by Gasteiger charge is 2.15. The van der Waals surface area contributed by atoms with Gasteiger partial charge in [0.25, 0.3) is 0 Å². The van der Waals surface area contributed by atoms with E-state index in [-0.39, 0.29) is 0 Å². The highest BCUT2D eigenvalue weighted by atomic mass is 16.4. The molecule has 2 heterocycles. The van der Waals surface area contributed by atoms with Crippen LogP contribution in [0.15, 0.2) is 4.42 Å². The molecule has 0 aromatic carbocycles. The van der Waals surface area contributed by atoms with Gasteiger partial charge in [0.2, 0.25) is 5.89 Å². The van der Waals surface area contributed by atoms with E-state index in [1.165, 1.54) is 32.1 Å². The molecular weight excluding hydrogens is 204 g/mol. The van der Waals surface area contributed by atoms with Crippen molar-refractivity contribution in [1.82, 2.24) is 10.2 Å². The molecule has 0 spiro atoms. The first-order chi connectivity index (χ1) is 7.90. The third kappa shape index (κ3) is 2.95. The molecule has 1 saturated heterocycles. The van der Waals surface area contributed by atoms with E-state index in [4.69, 9.17) is 10.2 Å². The molecule has 5 nitrogen and oxygen atoms in total. The molecule has 1 aromatic heterocycles. The predicted octanol–water partition coefficient (Wildman–Crippen LogP) is 1.34. The van der Waals surface area contributed by atoms with E-state index in [1.54, 1.807) is 0 Å². The molecule has 2 rings (SSSR count). The smallest absolute Gasteiger partial charge is 0.318 e. The molecule has 1 aromatic rings. The zero-order valence-electron chi connectivity index (χ0n) is 9.69. The summed E-state index contributed by atoms with van der Waals surface area (Å²) >= 11 is 0. The largest absolute Gasteiger partial charge is 0.408 e. The molecule has 1 aliphatic heterocycles. The normalized spacial score (nSPS) is 18.2. The van der Waals surface area contributed by atoms with Crippen LogP contribution in [0.4, 0.5) is 6.01 Å². The van der Waals surface area contributed by atoms with Gasteiger partial charge in [-0.2, -0.15) is 0 Å². The number of anilines is 1. The minimum Gasteiger partial charge on any atom is -0.408 e. The van der Waals surface area contributed by atoms with Crippen molar-refractivity contribution in [2.24, 2.45) is 5.73 Å². The van der Waals surface area contributed by atoms with Crippen molar-refractivity contribution in [1.29, 1.82) is 0 Å². The van der Waals surface area contributed by atoms with Gasteiger partial charge >= 0.3 is 6.01 Å². The molecule has 0 unspecified atom stereocenters. The molecule has 5 heteroatoms. The fourth-order valence-electron chi connectivity index (χ4n) is 2.04. The van der Waals surface area contributed by atoms with Gasteiger partial charge < -0.3 is 15.1 Å². The lowest BCUT2D eigenvalue weighted by Crippen LogP contribution is -2.27. The third-order valence-corrected chi connectivity index (χ3v) is 2.94. The van der Waals surface area contributed by atoms with Crippen molar-refractivity contribution in [2.75, 3.05) is 24.5 Å². The first-order valence-electron chi connectivity index (χ1n) is 6.17. The second kappa shape index (κ2) is 5.84. The predicted molar refractivity (Wildman–Crippen MR) is 62.4 cm³/mol. The van der Waals surface area contributed by atoms with Gasteiger partial charge in [0.05, 0.1) is 0 Å². The fraction of sp³-hybridized carbons (Fsp3) is 0.818. The van der Waals surface area contributed by atoms with Crippen molar-refractivity contribution in [2.45, 2.75) is 38.5 Å². The zero-order chi connectivity index (χ0) is 11.2.